The molecule has 0 saturated carbocycles. The van der Waals surface area contributed by atoms with Gasteiger partial charge in [-0.2, -0.15) is 5.10 Å². The van der Waals surface area contributed by atoms with Crippen molar-refractivity contribution in [3.63, 3.8) is 0 Å². The van der Waals surface area contributed by atoms with Crippen LogP contribution in [0.1, 0.15) is 0 Å². The molecule has 0 radical (unpaired) electrons. The number of aromatic amines is 1. The smallest absolute Gasteiger partial charge is 0.200 e. The normalized spacial score (nSPS) is 10.8. The number of nitrogens with zero attached hydrogens (tertiary/aromatic N) is 3. The van der Waals surface area contributed by atoms with Crippen LogP contribution in [0.25, 0.3) is 22.4 Å². The zero-order valence-electron chi connectivity index (χ0n) is 9.51. The number of nitrogens with one attached hydrogen (secondary N) is 1. The number of aromatic nitrogens is 4. The molecule has 3 aromatic rings. The van der Waals surface area contributed by atoms with Gasteiger partial charge in [0.25, 0.3) is 0 Å². The van der Waals surface area contributed by atoms with Gasteiger partial charge in [0, 0.05) is 22.4 Å². The van der Waals surface area contributed by atoms with E-state index >= 15 is 0 Å². The van der Waals surface area contributed by atoms with Crippen molar-refractivity contribution >= 4 is 27.1 Å². The summed E-state index contributed by atoms with van der Waals surface area (Å²) in [6, 6.07) is 5.77. The molecule has 0 aliphatic heterocycles. The lowest BCUT2D eigenvalue weighted by Crippen LogP contribution is -1.89. The van der Waals surface area contributed by atoms with Crippen molar-refractivity contribution < 1.29 is 4.74 Å². The van der Waals surface area contributed by atoms with Gasteiger partial charge >= 0.3 is 0 Å². The van der Waals surface area contributed by atoms with Crippen molar-refractivity contribution in [2.45, 2.75) is 0 Å². The molecule has 0 atom stereocenters. The second kappa shape index (κ2) is 4.38. The van der Waals surface area contributed by atoms with Crippen LogP contribution in [0.2, 0.25) is 0 Å². The Morgan fingerprint density at radius 3 is 2.89 bits per heavy atom. The van der Waals surface area contributed by atoms with E-state index in [1.807, 2.05) is 18.2 Å². The second-order valence-corrected chi connectivity index (χ2v) is 4.59. The lowest BCUT2D eigenvalue weighted by molar-refractivity contribution is 0.416. The van der Waals surface area contributed by atoms with Crippen molar-refractivity contribution in [1.29, 1.82) is 0 Å². The molecule has 0 saturated heterocycles. The molecule has 0 spiro atoms. The molecule has 2 heterocycles. The maximum Gasteiger partial charge on any atom is 0.200 e. The predicted molar refractivity (Wildman–Crippen MR) is 71.4 cm³/mol. The van der Waals surface area contributed by atoms with Crippen molar-refractivity contribution in [3.8, 4) is 17.0 Å². The van der Waals surface area contributed by atoms with Gasteiger partial charge < -0.3 is 4.74 Å². The number of fused-ring (bicyclic) bond motifs is 1. The lowest BCUT2D eigenvalue weighted by Gasteiger charge is -2.07. The van der Waals surface area contributed by atoms with Crippen molar-refractivity contribution in [2.24, 2.45) is 0 Å². The minimum atomic E-state index is 0.592. The van der Waals surface area contributed by atoms with Crippen LogP contribution in [0.3, 0.4) is 0 Å². The molecule has 1 aromatic carbocycles. The Labute approximate surface area is 111 Å². The van der Waals surface area contributed by atoms with Gasteiger partial charge in [-0.1, -0.05) is 15.9 Å². The Bertz CT molecular complexity index is 710. The summed E-state index contributed by atoms with van der Waals surface area (Å²) in [5, 5.41) is 7.09. The first-order chi connectivity index (χ1) is 8.79. The maximum atomic E-state index is 5.36. The standard InChI is InChI=1S/C12H9BrN4O/c1-18-9-3-2-7(13)6-8(9)10-11-12(17-16-10)15-5-4-14-11/h2-6H,1H3,(H,15,16,17). The number of methoxy groups -OCH3 is 1. The Morgan fingerprint density at radius 1 is 1.22 bits per heavy atom. The molecule has 6 heteroatoms. The fraction of sp³-hybridized carbons (Fsp3) is 0.0833. The Balaban J connectivity index is 2.29. The van der Waals surface area contributed by atoms with E-state index in [2.05, 4.69) is 36.1 Å². The van der Waals surface area contributed by atoms with Gasteiger partial charge in [-0.25, -0.2) is 9.97 Å². The van der Waals surface area contributed by atoms with Crippen LogP contribution >= 0.6 is 15.9 Å². The molecule has 2 aromatic heterocycles. The first-order valence-corrected chi connectivity index (χ1v) is 6.08. The van der Waals surface area contributed by atoms with Crippen LogP contribution in [-0.2, 0) is 0 Å². The van der Waals surface area contributed by atoms with E-state index in [0.717, 1.165) is 27.0 Å². The molecule has 0 aliphatic rings. The molecule has 18 heavy (non-hydrogen) atoms. The molecule has 0 unspecified atom stereocenters. The highest BCUT2D eigenvalue weighted by atomic mass is 79.9. The summed E-state index contributed by atoms with van der Waals surface area (Å²) < 4.78 is 6.32. The predicted octanol–water partition coefficient (Wildman–Crippen LogP) is 2.79. The minimum Gasteiger partial charge on any atom is -0.496 e. The molecule has 0 amide bonds. The van der Waals surface area contributed by atoms with Crippen LogP contribution in [0.15, 0.2) is 35.1 Å². The van der Waals surface area contributed by atoms with Crippen molar-refractivity contribution in [2.75, 3.05) is 7.11 Å². The first kappa shape index (κ1) is 11.2. The van der Waals surface area contributed by atoms with Gasteiger partial charge in [-0.15, -0.1) is 0 Å². The summed E-state index contributed by atoms with van der Waals surface area (Å²) in [5.41, 5.74) is 3.02. The van der Waals surface area contributed by atoms with Crippen LogP contribution < -0.4 is 4.74 Å². The summed E-state index contributed by atoms with van der Waals surface area (Å²) >= 11 is 3.45. The third-order valence-electron chi connectivity index (χ3n) is 2.62. The number of halogens is 1. The molecule has 5 nitrogen and oxygen atoms in total. The SMILES string of the molecule is COc1ccc(Br)cc1-c1[nH]nc2nccnc12. The fourth-order valence-electron chi connectivity index (χ4n) is 1.81. The number of rotatable bonds is 2. The van der Waals surface area contributed by atoms with Crippen LogP contribution in [-0.4, -0.2) is 27.3 Å². The highest BCUT2D eigenvalue weighted by Crippen LogP contribution is 2.33. The zero-order valence-corrected chi connectivity index (χ0v) is 11.1. The minimum absolute atomic E-state index is 0.592. The number of ether oxygens (including phenoxy) is 1. The molecule has 0 fully saturated rings. The first-order valence-electron chi connectivity index (χ1n) is 5.28. The maximum absolute atomic E-state index is 5.36. The molecule has 0 aliphatic carbocycles. The van der Waals surface area contributed by atoms with Crippen LogP contribution in [0.4, 0.5) is 0 Å². The van der Waals surface area contributed by atoms with Gasteiger partial charge in [0.2, 0.25) is 0 Å². The van der Waals surface area contributed by atoms with Crippen molar-refractivity contribution in [3.05, 3.63) is 35.1 Å². The largest absolute Gasteiger partial charge is 0.496 e. The molecule has 0 bridgehead atoms. The van der Waals surface area contributed by atoms with Gasteiger partial charge in [0.05, 0.1) is 12.8 Å². The lowest BCUT2D eigenvalue weighted by atomic mass is 10.1. The van der Waals surface area contributed by atoms with Gasteiger partial charge in [0.15, 0.2) is 5.65 Å². The summed E-state index contributed by atoms with van der Waals surface area (Å²) in [5.74, 6) is 0.759. The number of H-pyrrole nitrogens is 1. The van der Waals surface area contributed by atoms with E-state index in [1.165, 1.54) is 0 Å². The Kier molecular flexibility index (Phi) is 2.71. The second-order valence-electron chi connectivity index (χ2n) is 3.67. The van der Waals surface area contributed by atoms with Gasteiger partial charge in [0.1, 0.15) is 11.3 Å². The number of benzene rings is 1. The fourth-order valence-corrected chi connectivity index (χ4v) is 2.18. The van der Waals surface area contributed by atoms with Crippen molar-refractivity contribution in [1.82, 2.24) is 20.2 Å². The molecule has 3 rings (SSSR count). The monoisotopic (exact) mass is 304 g/mol. The van der Waals surface area contributed by atoms with Gasteiger partial charge in [-0.05, 0) is 18.2 Å². The van der Waals surface area contributed by atoms with E-state index in [4.69, 9.17) is 4.74 Å². The molecular weight excluding hydrogens is 296 g/mol. The van der Waals surface area contributed by atoms with E-state index in [0.29, 0.717) is 5.65 Å². The summed E-state index contributed by atoms with van der Waals surface area (Å²) in [6.45, 7) is 0. The third kappa shape index (κ3) is 1.74. The van der Waals surface area contributed by atoms with Crippen LogP contribution in [0, 0.1) is 0 Å². The average Bonchev–Trinajstić information content (AvgIpc) is 2.82. The van der Waals surface area contributed by atoms with Crippen LogP contribution in [0.5, 0.6) is 5.75 Å². The van der Waals surface area contributed by atoms with Gasteiger partial charge in [-0.3, -0.25) is 5.10 Å². The molecular formula is C12H9BrN4O. The quantitative estimate of drug-likeness (QED) is 0.791. The summed E-state index contributed by atoms with van der Waals surface area (Å²) in [7, 11) is 1.64. The van der Waals surface area contributed by atoms with E-state index < -0.39 is 0 Å². The summed E-state index contributed by atoms with van der Waals surface area (Å²) in [6.07, 6.45) is 3.26. The molecule has 1 N–H and O–H groups in total. The van der Waals surface area contributed by atoms with E-state index in [-0.39, 0.29) is 0 Å². The topological polar surface area (TPSA) is 63.7 Å². The third-order valence-corrected chi connectivity index (χ3v) is 3.11. The average molecular weight is 305 g/mol. The zero-order chi connectivity index (χ0) is 12.5. The van der Waals surface area contributed by atoms with E-state index in [1.54, 1.807) is 19.5 Å². The highest BCUT2D eigenvalue weighted by molar-refractivity contribution is 9.10. The highest BCUT2D eigenvalue weighted by Gasteiger charge is 2.14. The number of hydrogen-bond donors (Lipinski definition) is 1. The Hall–Kier alpha value is -1.95. The van der Waals surface area contributed by atoms with E-state index in [9.17, 15) is 0 Å². The number of hydrogen-bond acceptors (Lipinski definition) is 4. The molecule has 90 valence electrons. The Morgan fingerprint density at radius 2 is 2.06 bits per heavy atom. The summed E-state index contributed by atoms with van der Waals surface area (Å²) in [4.78, 5) is 8.44.